The van der Waals surface area contributed by atoms with Crippen LogP contribution in [0.25, 0.3) is 0 Å². The number of benzene rings is 1. The molecule has 0 aliphatic carbocycles. The predicted octanol–water partition coefficient (Wildman–Crippen LogP) is 2.21. The molecule has 0 saturated carbocycles. The number of anilines is 1. The van der Waals surface area contributed by atoms with Crippen LogP contribution in [-0.2, 0) is 34.3 Å². The van der Waals surface area contributed by atoms with E-state index in [0.29, 0.717) is 37.3 Å². The molecule has 0 atom stereocenters. The van der Waals surface area contributed by atoms with Crippen LogP contribution in [0.4, 0.5) is 5.69 Å². The molecule has 3 rings (SSSR count). The maximum atomic E-state index is 12.5. The predicted molar refractivity (Wildman–Crippen MR) is 107 cm³/mol. The minimum absolute atomic E-state index is 0.0557. The number of aryl methyl sites for hydroxylation is 1. The van der Waals surface area contributed by atoms with Crippen LogP contribution in [0.3, 0.4) is 0 Å². The highest BCUT2D eigenvalue weighted by Gasteiger charge is 2.23. The lowest BCUT2D eigenvalue weighted by Crippen LogP contribution is -2.35. The number of esters is 1. The number of hydrogen-bond acceptors (Lipinski definition) is 5. The van der Waals surface area contributed by atoms with Crippen molar-refractivity contribution in [2.75, 3.05) is 19.0 Å². The molecule has 0 fully saturated rings. The molecule has 1 aromatic heterocycles. The van der Waals surface area contributed by atoms with Crippen molar-refractivity contribution < 1.29 is 19.1 Å². The Kier molecular flexibility index (Phi) is 6.31. The quantitative estimate of drug-likeness (QED) is 0.753. The first-order chi connectivity index (χ1) is 13.9. The lowest BCUT2D eigenvalue weighted by molar-refractivity contribution is -0.132. The monoisotopic (exact) mass is 398 g/mol. The number of nitrogens with zero attached hydrogens (tertiary/aromatic N) is 3. The molecule has 1 N–H and O–H groups in total. The number of carbonyl (C=O) groups excluding carboxylic acids is 3. The van der Waals surface area contributed by atoms with E-state index in [-0.39, 0.29) is 23.9 Å². The molecule has 0 saturated heterocycles. The van der Waals surface area contributed by atoms with Gasteiger partial charge in [-0.05, 0) is 30.9 Å². The molecule has 8 nitrogen and oxygen atoms in total. The summed E-state index contributed by atoms with van der Waals surface area (Å²) in [6, 6.07) is 8.16. The van der Waals surface area contributed by atoms with Crippen molar-refractivity contribution in [2.24, 2.45) is 7.05 Å². The summed E-state index contributed by atoms with van der Waals surface area (Å²) in [5.74, 6) is -0.812. The van der Waals surface area contributed by atoms with Gasteiger partial charge in [0.25, 0.3) is 0 Å². The van der Waals surface area contributed by atoms with Crippen LogP contribution in [0.15, 0.2) is 24.3 Å². The normalized spacial score (nSPS) is 13.0. The first-order valence-electron chi connectivity index (χ1n) is 9.67. The number of amides is 2. The molecule has 2 aromatic rings. The number of nitrogens with one attached hydrogen (secondary N) is 1. The molecule has 0 spiro atoms. The summed E-state index contributed by atoms with van der Waals surface area (Å²) in [4.78, 5) is 38.5. The van der Waals surface area contributed by atoms with Crippen LogP contribution in [0.5, 0.6) is 0 Å². The van der Waals surface area contributed by atoms with Gasteiger partial charge < -0.3 is 15.0 Å². The van der Waals surface area contributed by atoms with Crippen LogP contribution in [0.1, 0.15) is 46.6 Å². The Labute approximate surface area is 169 Å². The number of carbonyl (C=O) groups is 3. The second kappa shape index (κ2) is 8.89. The summed E-state index contributed by atoms with van der Waals surface area (Å²) in [5.41, 5.74) is 3.56. The third-order valence-electron chi connectivity index (χ3n) is 5.26. The number of rotatable bonds is 6. The molecule has 2 heterocycles. The standard InChI is InChI=1S/C21H26N4O4/c1-14-19(20(21(28)29-3)23-24(14)2)22-17(26)9-6-10-18(27)25-12-11-15-7-4-5-8-16(15)13-25/h4-5,7-8H,6,9-13H2,1-3H3,(H,22,26). The number of hydrogen-bond donors (Lipinski definition) is 1. The zero-order chi connectivity index (χ0) is 21.0. The van der Waals surface area contributed by atoms with Gasteiger partial charge in [0.05, 0.1) is 18.5 Å². The van der Waals surface area contributed by atoms with E-state index in [1.165, 1.54) is 22.9 Å². The maximum absolute atomic E-state index is 12.5. The molecule has 0 unspecified atom stereocenters. The van der Waals surface area contributed by atoms with Gasteiger partial charge in [-0.3, -0.25) is 14.3 Å². The average Bonchev–Trinajstić information content (AvgIpc) is 3.01. The van der Waals surface area contributed by atoms with E-state index in [4.69, 9.17) is 4.74 Å². The molecule has 2 amide bonds. The van der Waals surface area contributed by atoms with Gasteiger partial charge in [-0.2, -0.15) is 5.10 Å². The van der Waals surface area contributed by atoms with E-state index in [1.807, 2.05) is 17.0 Å². The number of aromatic nitrogens is 2. The second-order valence-electron chi connectivity index (χ2n) is 7.16. The highest BCUT2D eigenvalue weighted by molar-refractivity contribution is 6.00. The van der Waals surface area contributed by atoms with Gasteiger partial charge in [-0.15, -0.1) is 0 Å². The van der Waals surface area contributed by atoms with Crippen molar-refractivity contribution in [1.29, 1.82) is 0 Å². The van der Waals surface area contributed by atoms with Crippen LogP contribution < -0.4 is 5.32 Å². The molecule has 1 aliphatic rings. The molecule has 1 aromatic carbocycles. The van der Waals surface area contributed by atoms with E-state index in [0.717, 1.165) is 6.42 Å². The van der Waals surface area contributed by atoms with Crippen molar-refractivity contribution in [3.63, 3.8) is 0 Å². The molecule has 0 bridgehead atoms. The van der Waals surface area contributed by atoms with Gasteiger partial charge in [0.1, 0.15) is 0 Å². The number of ether oxygens (including phenoxy) is 1. The zero-order valence-electron chi connectivity index (χ0n) is 17.0. The van der Waals surface area contributed by atoms with Gasteiger partial charge in [-0.25, -0.2) is 4.79 Å². The largest absolute Gasteiger partial charge is 0.464 e. The van der Waals surface area contributed by atoms with E-state index in [9.17, 15) is 14.4 Å². The number of fused-ring (bicyclic) bond motifs is 1. The molecular formula is C21H26N4O4. The summed E-state index contributed by atoms with van der Waals surface area (Å²) < 4.78 is 6.23. The summed E-state index contributed by atoms with van der Waals surface area (Å²) in [6.45, 7) is 3.09. The average molecular weight is 398 g/mol. The van der Waals surface area contributed by atoms with Gasteiger partial charge >= 0.3 is 5.97 Å². The van der Waals surface area contributed by atoms with Crippen molar-refractivity contribution in [2.45, 2.75) is 39.2 Å². The topological polar surface area (TPSA) is 93.5 Å². The Morgan fingerprint density at radius 1 is 1.17 bits per heavy atom. The highest BCUT2D eigenvalue weighted by atomic mass is 16.5. The third-order valence-corrected chi connectivity index (χ3v) is 5.26. The molecule has 1 aliphatic heterocycles. The van der Waals surface area contributed by atoms with Crippen molar-refractivity contribution >= 4 is 23.5 Å². The molecule has 0 radical (unpaired) electrons. The second-order valence-corrected chi connectivity index (χ2v) is 7.16. The summed E-state index contributed by atoms with van der Waals surface area (Å²) >= 11 is 0. The molecule has 29 heavy (non-hydrogen) atoms. The maximum Gasteiger partial charge on any atom is 0.360 e. The minimum Gasteiger partial charge on any atom is -0.464 e. The van der Waals surface area contributed by atoms with Crippen LogP contribution >= 0.6 is 0 Å². The van der Waals surface area contributed by atoms with E-state index < -0.39 is 5.97 Å². The smallest absolute Gasteiger partial charge is 0.360 e. The SMILES string of the molecule is COC(=O)c1nn(C)c(C)c1NC(=O)CCCC(=O)N1CCc2ccccc2C1. The van der Waals surface area contributed by atoms with E-state index >= 15 is 0 Å². The third kappa shape index (κ3) is 4.64. The summed E-state index contributed by atoms with van der Waals surface area (Å²) in [6.07, 6.45) is 1.80. The van der Waals surface area contributed by atoms with Gasteiger partial charge in [-0.1, -0.05) is 24.3 Å². The van der Waals surface area contributed by atoms with Gasteiger partial charge in [0.15, 0.2) is 5.69 Å². The highest BCUT2D eigenvalue weighted by Crippen LogP contribution is 2.22. The Hall–Kier alpha value is -3.16. The van der Waals surface area contributed by atoms with E-state index in [1.54, 1.807) is 14.0 Å². The Morgan fingerprint density at radius 3 is 2.62 bits per heavy atom. The Morgan fingerprint density at radius 2 is 1.90 bits per heavy atom. The molecule has 154 valence electrons. The summed E-state index contributed by atoms with van der Waals surface area (Å²) in [5, 5.41) is 6.82. The van der Waals surface area contributed by atoms with Crippen LogP contribution in [-0.4, -0.2) is 46.1 Å². The molecule has 8 heteroatoms. The fourth-order valence-electron chi connectivity index (χ4n) is 3.47. The lowest BCUT2D eigenvalue weighted by atomic mass is 9.99. The Bertz CT molecular complexity index is 935. The van der Waals surface area contributed by atoms with Crippen molar-refractivity contribution in [3.05, 3.63) is 46.8 Å². The number of methoxy groups -OCH3 is 1. The molecular weight excluding hydrogens is 372 g/mol. The first-order valence-corrected chi connectivity index (χ1v) is 9.67. The van der Waals surface area contributed by atoms with Crippen molar-refractivity contribution in [1.82, 2.24) is 14.7 Å². The minimum atomic E-state index is -0.607. The van der Waals surface area contributed by atoms with Crippen molar-refractivity contribution in [3.8, 4) is 0 Å². The fraction of sp³-hybridized carbons (Fsp3) is 0.429. The van der Waals surface area contributed by atoms with E-state index in [2.05, 4.69) is 22.5 Å². The first kappa shape index (κ1) is 20.6. The van der Waals surface area contributed by atoms with Gasteiger partial charge in [0, 0.05) is 33.0 Å². The van der Waals surface area contributed by atoms with Crippen LogP contribution in [0.2, 0.25) is 0 Å². The summed E-state index contributed by atoms with van der Waals surface area (Å²) in [7, 11) is 2.95. The lowest BCUT2D eigenvalue weighted by Gasteiger charge is -2.29. The Balaban J connectivity index is 1.51. The van der Waals surface area contributed by atoms with Gasteiger partial charge in [0.2, 0.25) is 11.8 Å². The fourth-order valence-corrected chi connectivity index (χ4v) is 3.47. The zero-order valence-corrected chi connectivity index (χ0v) is 17.0. The van der Waals surface area contributed by atoms with Crippen LogP contribution in [0, 0.1) is 6.92 Å².